The molecule has 1 aliphatic rings. The van der Waals surface area contributed by atoms with E-state index < -0.39 is 0 Å². The average molecular weight is 243 g/mol. The maximum atomic E-state index is 6.21. The minimum atomic E-state index is 0.159. The second-order valence-corrected chi connectivity index (χ2v) is 6.36. The van der Waals surface area contributed by atoms with Gasteiger partial charge in [0.05, 0.1) is 12.2 Å². The van der Waals surface area contributed by atoms with Crippen LogP contribution in [0, 0.1) is 5.92 Å². The van der Waals surface area contributed by atoms with Crippen LogP contribution in [0.2, 0.25) is 0 Å². The predicted molar refractivity (Wildman–Crippen MR) is 71.3 cm³/mol. The van der Waals surface area contributed by atoms with E-state index >= 15 is 0 Å². The van der Waals surface area contributed by atoms with E-state index in [9.17, 15) is 0 Å². The van der Waals surface area contributed by atoms with E-state index in [0.717, 1.165) is 32.6 Å². The Hall–Kier alpha value is -0.120. The standard InChI is InChI=1S/C14H29NO2/c1-11(2)13(10-15-14(3,4)5)17-12-6-8-16-9-7-12/h11-13,15H,6-10H2,1-5H3. The molecule has 1 N–H and O–H groups in total. The van der Waals surface area contributed by atoms with Crippen LogP contribution in [0.15, 0.2) is 0 Å². The van der Waals surface area contributed by atoms with Crippen molar-refractivity contribution in [3.63, 3.8) is 0 Å². The molecule has 1 rings (SSSR count). The maximum Gasteiger partial charge on any atom is 0.0726 e. The molecule has 0 radical (unpaired) electrons. The van der Waals surface area contributed by atoms with Crippen molar-refractivity contribution in [2.75, 3.05) is 19.8 Å². The van der Waals surface area contributed by atoms with Crippen molar-refractivity contribution < 1.29 is 9.47 Å². The molecule has 0 saturated carbocycles. The van der Waals surface area contributed by atoms with Crippen LogP contribution in [0.25, 0.3) is 0 Å². The van der Waals surface area contributed by atoms with Crippen molar-refractivity contribution in [1.29, 1.82) is 0 Å². The van der Waals surface area contributed by atoms with E-state index in [1.54, 1.807) is 0 Å². The van der Waals surface area contributed by atoms with Crippen molar-refractivity contribution in [1.82, 2.24) is 5.32 Å². The van der Waals surface area contributed by atoms with Gasteiger partial charge in [0.25, 0.3) is 0 Å². The molecule has 102 valence electrons. The molecule has 1 atom stereocenters. The largest absolute Gasteiger partial charge is 0.381 e. The summed E-state index contributed by atoms with van der Waals surface area (Å²) in [6.45, 7) is 13.7. The molecule has 3 heteroatoms. The molecule has 1 heterocycles. The second-order valence-electron chi connectivity index (χ2n) is 6.36. The van der Waals surface area contributed by atoms with E-state index in [-0.39, 0.29) is 5.54 Å². The fraction of sp³-hybridized carbons (Fsp3) is 1.00. The minimum Gasteiger partial charge on any atom is -0.381 e. The fourth-order valence-corrected chi connectivity index (χ4v) is 1.91. The Morgan fingerprint density at radius 3 is 2.29 bits per heavy atom. The van der Waals surface area contributed by atoms with Crippen LogP contribution in [0.1, 0.15) is 47.5 Å². The third kappa shape index (κ3) is 6.39. The van der Waals surface area contributed by atoms with Gasteiger partial charge in [0.15, 0.2) is 0 Å². The second kappa shape index (κ2) is 6.72. The van der Waals surface area contributed by atoms with Gasteiger partial charge in [-0.2, -0.15) is 0 Å². The van der Waals surface area contributed by atoms with Crippen LogP contribution in [0.4, 0.5) is 0 Å². The van der Waals surface area contributed by atoms with Crippen LogP contribution < -0.4 is 5.32 Å². The highest BCUT2D eigenvalue weighted by Crippen LogP contribution is 2.17. The molecule has 0 aliphatic carbocycles. The zero-order valence-electron chi connectivity index (χ0n) is 12.1. The van der Waals surface area contributed by atoms with Gasteiger partial charge in [0, 0.05) is 25.3 Å². The zero-order valence-corrected chi connectivity index (χ0v) is 12.1. The predicted octanol–water partition coefficient (Wildman–Crippen LogP) is 2.59. The maximum absolute atomic E-state index is 6.21. The SMILES string of the molecule is CC(C)C(CNC(C)(C)C)OC1CCOCC1. The Morgan fingerprint density at radius 2 is 1.82 bits per heavy atom. The summed E-state index contributed by atoms with van der Waals surface area (Å²) in [4.78, 5) is 0. The quantitative estimate of drug-likeness (QED) is 0.805. The van der Waals surface area contributed by atoms with Gasteiger partial charge in [-0.3, -0.25) is 0 Å². The molecular formula is C14H29NO2. The number of nitrogens with one attached hydrogen (secondary N) is 1. The molecule has 0 amide bonds. The van der Waals surface area contributed by atoms with Gasteiger partial charge in [0.1, 0.15) is 0 Å². The van der Waals surface area contributed by atoms with Gasteiger partial charge >= 0.3 is 0 Å². The highest BCUT2D eigenvalue weighted by molar-refractivity contribution is 4.76. The lowest BCUT2D eigenvalue weighted by Gasteiger charge is -2.32. The van der Waals surface area contributed by atoms with Crippen molar-refractivity contribution in [2.45, 2.75) is 65.2 Å². The van der Waals surface area contributed by atoms with Crippen LogP contribution in [0.3, 0.4) is 0 Å². The Bertz CT molecular complexity index is 205. The Balaban J connectivity index is 2.37. The summed E-state index contributed by atoms with van der Waals surface area (Å²) in [6.07, 6.45) is 2.77. The van der Waals surface area contributed by atoms with Crippen LogP contribution in [-0.4, -0.2) is 37.5 Å². The molecule has 1 aliphatic heterocycles. The van der Waals surface area contributed by atoms with E-state index in [4.69, 9.17) is 9.47 Å². The fourth-order valence-electron chi connectivity index (χ4n) is 1.91. The third-order valence-corrected chi connectivity index (χ3v) is 3.11. The van der Waals surface area contributed by atoms with Crippen LogP contribution in [0.5, 0.6) is 0 Å². The van der Waals surface area contributed by atoms with Crippen molar-refractivity contribution in [2.24, 2.45) is 5.92 Å². The molecule has 1 fully saturated rings. The molecule has 1 unspecified atom stereocenters. The highest BCUT2D eigenvalue weighted by atomic mass is 16.5. The first kappa shape index (κ1) is 14.9. The molecule has 0 spiro atoms. The summed E-state index contributed by atoms with van der Waals surface area (Å²) >= 11 is 0. The first-order valence-corrected chi connectivity index (χ1v) is 6.87. The molecular weight excluding hydrogens is 214 g/mol. The average Bonchev–Trinajstić information content (AvgIpc) is 2.24. The number of hydrogen-bond donors (Lipinski definition) is 1. The van der Waals surface area contributed by atoms with Crippen molar-refractivity contribution in [3.05, 3.63) is 0 Å². The molecule has 0 aromatic heterocycles. The van der Waals surface area contributed by atoms with E-state index in [1.807, 2.05) is 0 Å². The summed E-state index contributed by atoms with van der Waals surface area (Å²) < 4.78 is 11.6. The summed E-state index contributed by atoms with van der Waals surface area (Å²) in [6, 6.07) is 0. The Labute approximate surface area is 106 Å². The summed E-state index contributed by atoms with van der Waals surface area (Å²) in [5, 5.41) is 3.54. The summed E-state index contributed by atoms with van der Waals surface area (Å²) in [5.41, 5.74) is 0.159. The van der Waals surface area contributed by atoms with Gasteiger partial charge in [0.2, 0.25) is 0 Å². The molecule has 0 aromatic rings. The lowest BCUT2D eigenvalue weighted by Crippen LogP contribution is -2.44. The van der Waals surface area contributed by atoms with Gasteiger partial charge < -0.3 is 14.8 Å². The molecule has 0 aromatic carbocycles. The van der Waals surface area contributed by atoms with E-state index in [2.05, 4.69) is 39.9 Å². The lowest BCUT2D eigenvalue weighted by molar-refractivity contribution is -0.0826. The Kier molecular flexibility index (Phi) is 5.90. The van der Waals surface area contributed by atoms with Crippen LogP contribution >= 0.6 is 0 Å². The minimum absolute atomic E-state index is 0.159. The van der Waals surface area contributed by atoms with Crippen molar-refractivity contribution in [3.8, 4) is 0 Å². The number of hydrogen-bond acceptors (Lipinski definition) is 3. The topological polar surface area (TPSA) is 30.5 Å². The molecule has 0 bridgehead atoms. The highest BCUT2D eigenvalue weighted by Gasteiger charge is 2.23. The number of ether oxygens (including phenoxy) is 2. The van der Waals surface area contributed by atoms with Gasteiger partial charge in [-0.15, -0.1) is 0 Å². The lowest BCUT2D eigenvalue weighted by atomic mass is 10.0. The first-order valence-electron chi connectivity index (χ1n) is 6.87. The smallest absolute Gasteiger partial charge is 0.0726 e. The molecule has 3 nitrogen and oxygen atoms in total. The summed E-state index contributed by atoms with van der Waals surface area (Å²) in [7, 11) is 0. The van der Waals surface area contributed by atoms with Gasteiger partial charge in [-0.05, 0) is 39.5 Å². The third-order valence-electron chi connectivity index (χ3n) is 3.11. The Morgan fingerprint density at radius 1 is 1.24 bits per heavy atom. The molecule has 1 saturated heterocycles. The van der Waals surface area contributed by atoms with Gasteiger partial charge in [-0.25, -0.2) is 0 Å². The van der Waals surface area contributed by atoms with E-state index in [1.165, 1.54) is 0 Å². The zero-order chi connectivity index (χ0) is 12.9. The van der Waals surface area contributed by atoms with Crippen molar-refractivity contribution >= 4 is 0 Å². The summed E-state index contributed by atoms with van der Waals surface area (Å²) in [5.74, 6) is 0.549. The van der Waals surface area contributed by atoms with Crippen LogP contribution in [-0.2, 0) is 9.47 Å². The molecule has 17 heavy (non-hydrogen) atoms. The normalized spacial score (nSPS) is 20.8. The monoisotopic (exact) mass is 243 g/mol. The van der Waals surface area contributed by atoms with Gasteiger partial charge in [-0.1, -0.05) is 13.8 Å². The van der Waals surface area contributed by atoms with E-state index in [0.29, 0.717) is 18.1 Å². The first-order chi connectivity index (χ1) is 7.88. The number of rotatable bonds is 5.